The van der Waals surface area contributed by atoms with Crippen LogP contribution in [0.1, 0.15) is 12.5 Å². The molecule has 0 saturated carbocycles. The van der Waals surface area contributed by atoms with Crippen molar-refractivity contribution >= 4 is 29.6 Å². The Bertz CT molecular complexity index is 1040. The van der Waals surface area contributed by atoms with Crippen molar-refractivity contribution in [3.63, 3.8) is 0 Å². The minimum absolute atomic E-state index is 0.0380. The monoisotopic (exact) mass is 410 g/mol. The Labute approximate surface area is 171 Å². The summed E-state index contributed by atoms with van der Waals surface area (Å²) in [5, 5.41) is 23.7. The average Bonchev–Trinajstić information content (AvgIpc) is 3.16. The predicted molar refractivity (Wildman–Crippen MR) is 111 cm³/mol. The molecule has 3 aromatic rings. The van der Waals surface area contributed by atoms with Gasteiger partial charge in [0.1, 0.15) is 0 Å². The van der Waals surface area contributed by atoms with Crippen molar-refractivity contribution in [1.29, 1.82) is 0 Å². The normalized spacial score (nSPS) is 10.9. The summed E-state index contributed by atoms with van der Waals surface area (Å²) in [6, 6.07) is 15.7. The number of non-ortho nitro benzene ring substituents is 1. The number of nitrogens with one attached hydrogen (secondary N) is 1. The molecule has 2 aromatic carbocycles. The van der Waals surface area contributed by atoms with Gasteiger partial charge in [0.2, 0.25) is 0 Å². The summed E-state index contributed by atoms with van der Waals surface area (Å²) in [7, 11) is 0. The second kappa shape index (κ2) is 9.60. The van der Waals surface area contributed by atoms with Gasteiger partial charge in [0.15, 0.2) is 11.0 Å². The molecule has 0 aliphatic heterocycles. The first-order valence-electron chi connectivity index (χ1n) is 8.76. The summed E-state index contributed by atoms with van der Waals surface area (Å²) in [5.41, 5.74) is 3.85. The lowest BCUT2D eigenvalue weighted by Crippen LogP contribution is -2.20. The molecular formula is C19H18N6O3S. The van der Waals surface area contributed by atoms with Gasteiger partial charge >= 0.3 is 0 Å². The van der Waals surface area contributed by atoms with E-state index in [0.717, 1.165) is 11.4 Å². The first-order chi connectivity index (χ1) is 14.1. The minimum atomic E-state index is -0.486. The zero-order valence-corrected chi connectivity index (χ0v) is 16.4. The smallest absolute Gasteiger partial charge is 0.270 e. The Morgan fingerprint density at radius 2 is 2.03 bits per heavy atom. The Kier molecular flexibility index (Phi) is 6.69. The number of carbonyl (C=O) groups is 1. The third-order valence-electron chi connectivity index (χ3n) is 3.88. The van der Waals surface area contributed by atoms with Crippen LogP contribution >= 0.6 is 11.8 Å². The average molecular weight is 410 g/mol. The zero-order valence-electron chi connectivity index (χ0n) is 15.6. The molecule has 3 rings (SSSR count). The maximum Gasteiger partial charge on any atom is 0.270 e. The fraction of sp³-hybridized carbons (Fsp3) is 0.158. The molecule has 10 heteroatoms. The number of amides is 1. The van der Waals surface area contributed by atoms with Crippen molar-refractivity contribution in [3.05, 3.63) is 70.3 Å². The van der Waals surface area contributed by atoms with Crippen molar-refractivity contribution in [3.8, 4) is 11.4 Å². The molecule has 0 spiro atoms. The van der Waals surface area contributed by atoms with Crippen molar-refractivity contribution < 1.29 is 9.72 Å². The van der Waals surface area contributed by atoms with E-state index < -0.39 is 4.92 Å². The Morgan fingerprint density at radius 1 is 1.24 bits per heavy atom. The molecule has 148 valence electrons. The number of carbonyl (C=O) groups excluding carboxylic acids is 1. The van der Waals surface area contributed by atoms with Crippen LogP contribution in [0.2, 0.25) is 0 Å². The molecule has 0 saturated heterocycles. The maximum atomic E-state index is 12.0. The van der Waals surface area contributed by atoms with Gasteiger partial charge in [-0.3, -0.25) is 14.9 Å². The van der Waals surface area contributed by atoms with Gasteiger partial charge in [-0.2, -0.15) is 5.10 Å². The summed E-state index contributed by atoms with van der Waals surface area (Å²) in [4.78, 5) is 22.3. The van der Waals surface area contributed by atoms with Crippen LogP contribution in [0.4, 0.5) is 5.69 Å². The molecule has 0 bridgehead atoms. The van der Waals surface area contributed by atoms with Gasteiger partial charge in [0.25, 0.3) is 11.6 Å². The van der Waals surface area contributed by atoms with Crippen LogP contribution in [0.25, 0.3) is 11.4 Å². The van der Waals surface area contributed by atoms with E-state index in [9.17, 15) is 14.9 Å². The third kappa shape index (κ3) is 5.26. The molecule has 9 nitrogen and oxygen atoms in total. The predicted octanol–water partition coefficient (Wildman–Crippen LogP) is 3.12. The van der Waals surface area contributed by atoms with E-state index in [1.807, 2.05) is 41.8 Å². The van der Waals surface area contributed by atoms with Gasteiger partial charge in [-0.1, -0.05) is 54.2 Å². The SMILES string of the molecule is CCn1c(SCC(=O)N/N=C\c2cccc([N+](=O)[O-])c2)nnc1-c1ccccc1. The standard InChI is InChI=1S/C19H18N6O3S/c1-2-24-18(15-8-4-3-5-9-15)22-23-19(24)29-13-17(26)21-20-12-14-7-6-10-16(11-14)25(27)28/h3-12H,2,13H2,1H3,(H,21,26)/b20-12-. The van der Waals surface area contributed by atoms with E-state index in [0.29, 0.717) is 17.3 Å². The third-order valence-corrected chi connectivity index (χ3v) is 4.85. The molecule has 29 heavy (non-hydrogen) atoms. The van der Waals surface area contributed by atoms with E-state index in [4.69, 9.17) is 0 Å². The van der Waals surface area contributed by atoms with E-state index in [2.05, 4.69) is 20.7 Å². The van der Waals surface area contributed by atoms with E-state index in [1.165, 1.54) is 30.1 Å². The first kappa shape index (κ1) is 20.2. The lowest BCUT2D eigenvalue weighted by Gasteiger charge is -2.06. The molecule has 0 fully saturated rings. The summed E-state index contributed by atoms with van der Waals surface area (Å²) < 4.78 is 1.94. The topological polar surface area (TPSA) is 115 Å². The molecule has 0 radical (unpaired) electrons. The number of hydrogen-bond acceptors (Lipinski definition) is 7. The Balaban J connectivity index is 1.58. The minimum Gasteiger partial charge on any atom is -0.302 e. The molecule has 0 aliphatic carbocycles. The van der Waals surface area contributed by atoms with Crippen molar-refractivity contribution in [2.45, 2.75) is 18.6 Å². The number of nitro groups is 1. The molecule has 0 unspecified atom stereocenters. The number of aromatic nitrogens is 3. The number of thioether (sulfide) groups is 1. The Hall–Kier alpha value is -3.53. The molecule has 1 aromatic heterocycles. The number of nitro benzene ring substituents is 1. The van der Waals surface area contributed by atoms with Crippen molar-refractivity contribution in [2.75, 3.05) is 5.75 Å². The number of hydrazone groups is 1. The van der Waals surface area contributed by atoms with Crippen LogP contribution in [0.5, 0.6) is 0 Å². The lowest BCUT2D eigenvalue weighted by atomic mass is 10.2. The largest absolute Gasteiger partial charge is 0.302 e. The van der Waals surface area contributed by atoms with Gasteiger partial charge in [-0.15, -0.1) is 10.2 Å². The second-order valence-corrected chi connectivity index (χ2v) is 6.79. The summed E-state index contributed by atoms with van der Waals surface area (Å²) in [6.45, 7) is 2.66. The highest BCUT2D eigenvalue weighted by molar-refractivity contribution is 7.99. The fourth-order valence-electron chi connectivity index (χ4n) is 2.54. The number of benzene rings is 2. The quantitative estimate of drug-likeness (QED) is 0.264. The van der Waals surface area contributed by atoms with Crippen LogP contribution in [0.15, 0.2) is 64.9 Å². The second-order valence-electron chi connectivity index (χ2n) is 5.85. The maximum absolute atomic E-state index is 12.0. The van der Waals surface area contributed by atoms with Crippen molar-refractivity contribution in [2.24, 2.45) is 5.10 Å². The molecule has 1 N–H and O–H groups in total. The summed E-state index contributed by atoms with van der Waals surface area (Å²) >= 11 is 1.26. The van der Waals surface area contributed by atoms with Gasteiger partial charge in [-0.25, -0.2) is 5.43 Å². The van der Waals surface area contributed by atoms with E-state index >= 15 is 0 Å². The number of hydrogen-bond donors (Lipinski definition) is 1. The summed E-state index contributed by atoms with van der Waals surface area (Å²) in [5.74, 6) is 0.544. The highest BCUT2D eigenvalue weighted by atomic mass is 32.2. The van der Waals surface area contributed by atoms with Gasteiger partial charge in [0.05, 0.1) is 16.9 Å². The van der Waals surface area contributed by atoms with Crippen LogP contribution in [0, 0.1) is 10.1 Å². The van der Waals surface area contributed by atoms with E-state index in [1.54, 1.807) is 12.1 Å². The van der Waals surface area contributed by atoms with Gasteiger partial charge in [0, 0.05) is 29.8 Å². The lowest BCUT2D eigenvalue weighted by molar-refractivity contribution is -0.384. The van der Waals surface area contributed by atoms with Crippen molar-refractivity contribution in [1.82, 2.24) is 20.2 Å². The molecule has 1 heterocycles. The van der Waals surface area contributed by atoms with Crippen LogP contribution in [-0.2, 0) is 11.3 Å². The number of nitrogens with zero attached hydrogens (tertiary/aromatic N) is 5. The molecule has 0 aliphatic rings. The van der Waals surface area contributed by atoms with Crippen LogP contribution in [0.3, 0.4) is 0 Å². The molecule has 0 atom stereocenters. The Morgan fingerprint density at radius 3 is 2.76 bits per heavy atom. The fourth-order valence-corrected chi connectivity index (χ4v) is 3.34. The first-order valence-corrected chi connectivity index (χ1v) is 9.75. The number of rotatable bonds is 8. The highest BCUT2D eigenvalue weighted by Crippen LogP contribution is 2.23. The van der Waals surface area contributed by atoms with Crippen LogP contribution in [-0.4, -0.2) is 37.6 Å². The zero-order chi connectivity index (χ0) is 20.6. The van der Waals surface area contributed by atoms with Gasteiger partial charge < -0.3 is 4.57 Å². The summed E-state index contributed by atoms with van der Waals surface area (Å²) in [6.07, 6.45) is 1.36. The molecule has 1 amide bonds. The molecular weight excluding hydrogens is 392 g/mol. The van der Waals surface area contributed by atoms with E-state index in [-0.39, 0.29) is 17.3 Å². The highest BCUT2D eigenvalue weighted by Gasteiger charge is 2.14. The van der Waals surface area contributed by atoms with Crippen LogP contribution < -0.4 is 5.43 Å². The van der Waals surface area contributed by atoms with Gasteiger partial charge in [-0.05, 0) is 6.92 Å².